The standard InChI is InChI=1S/C18H14N4O2/c1-21-7-15(20-10-21)14-9-23-16-5-11-8-24-17(12(11)6-13(14)16)18-19-3-4-22(18)2/h3-10H,1-2H3. The van der Waals surface area contributed by atoms with Gasteiger partial charge in [-0.1, -0.05) is 0 Å². The van der Waals surface area contributed by atoms with Gasteiger partial charge < -0.3 is 18.0 Å². The number of imidazole rings is 2. The average molecular weight is 318 g/mol. The molecule has 0 fully saturated rings. The number of hydrogen-bond acceptors (Lipinski definition) is 4. The molecule has 1 aromatic carbocycles. The molecule has 0 aliphatic rings. The molecule has 0 aliphatic heterocycles. The Bertz CT molecular complexity index is 1190. The van der Waals surface area contributed by atoms with Crippen LogP contribution in [0.1, 0.15) is 0 Å². The predicted octanol–water partition coefficient (Wildman–Crippen LogP) is 3.98. The van der Waals surface area contributed by atoms with Gasteiger partial charge in [0.05, 0.1) is 18.3 Å². The summed E-state index contributed by atoms with van der Waals surface area (Å²) < 4.78 is 15.4. The van der Waals surface area contributed by atoms with Crippen LogP contribution in [-0.2, 0) is 14.1 Å². The Morgan fingerprint density at radius 2 is 1.92 bits per heavy atom. The predicted molar refractivity (Wildman–Crippen MR) is 90.4 cm³/mol. The van der Waals surface area contributed by atoms with Crippen LogP contribution in [0.4, 0.5) is 0 Å². The third-order valence-electron chi connectivity index (χ3n) is 4.30. The number of fused-ring (bicyclic) bond motifs is 2. The minimum atomic E-state index is 0.757. The lowest BCUT2D eigenvalue weighted by Crippen LogP contribution is -1.89. The van der Waals surface area contributed by atoms with Crippen molar-refractivity contribution in [2.75, 3.05) is 0 Å². The second kappa shape index (κ2) is 4.61. The van der Waals surface area contributed by atoms with Crippen molar-refractivity contribution in [3.05, 3.63) is 49.6 Å². The fourth-order valence-electron chi connectivity index (χ4n) is 3.08. The summed E-state index contributed by atoms with van der Waals surface area (Å²) >= 11 is 0. The Morgan fingerprint density at radius 3 is 2.67 bits per heavy atom. The first-order chi connectivity index (χ1) is 11.7. The molecule has 0 aliphatic carbocycles. The molecule has 0 spiro atoms. The number of hydrogen-bond donors (Lipinski definition) is 0. The SMILES string of the molecule is Cn1cnc(-c2coc3cc4coc(-c5nccn5C)c4cc23)c1. The molecule has 0 saturated heterocycles. The van der Waals surface area contributed by atoms with Crippen LogP contribution >= 0.6 is 0 Å². The lowest BCUT2D eigenvalue weighted by Gasteiger charge is -1.99. The molecule has 4 aromatic heterocycles. The van der Waals surface area contributed by atoms with Crippen LogP contribution in [0.3, 0.4) is 0 Å². The molecule has 0 bridgehead atoms. The smallest absolute Gasteiger partial charge is 0.177 e. The quantitative estimate of drug-likeness (QED) is 0.494. The summed E-state index contributed by atoms with van der Waals surface area (Å²) in [5.74, 6) is 1.56. The molecular formula is C18H14N4O2. The van der Waals surface area contributed by atoms with E-state index in [0.717, 1.165) is 44.6 Å². The fraction of sp³-hybridized carbons (Fsp3) is 0.111. The van der Waals surface area contributed by atoms with Gasteiger partial charge in [-0.2, -0.15) is 0 Å². The number of furan rings is 2. The van der Waals surface area contributed by atoms with Crippen molar-refractivity contribution >= 4 is 21.7 Å². The number of rotatable bonds is 2. The van der Waals surface area contributed by atoms with E-state index in [1.807, 2.05) is 41.7 Å². The van der Waals surface area contributed by atoms with Crippen LogP contribution in [-0.4, -0.2) is 19.1 Å². The highest BCUT2D eigenvalue weighted by Crippen LogP contribution is 2.37. The molecule has 0 saturated carbocycles. The van der Waals surface area contributed by atoms with Crippen LogP contribution < -0.4 is 0 Å². The van der Waals surface area contributed by atoms with Crippen LogP contribution in [0.2, 0.25) is 0 Å². The first kappa shape index (κ1) is 13.2. The van der Waals surface area contributed by atoms with E-state index in [1.54, 1.807) is 25.1 Å². The highest BCUT2D eigenvalue weighted by atomic mass is 16.3. The normalized spacial score (nSPS) is 11.8. The van der Waals surface area contributed by atoms with E-state index in [1.165, 1.54) is 0 Å². The first-order valence-corrected chi connectivity index (χ1v) is 7.59. The lowest BCUT2D eigenvalue weighted by atomic mass is 10.1. The summed E-state index contributed by atoms with van der Waals surface area (Å²) in [6.45, 7) is 0. The molecule has 0 atom stereocenters. The van der Waals surface area contributed by atoms with Crippen molar-refractivity contribution in [3.63, 3.8) is 0 Å². The monoisotopic (exact) mass is 318 g/mol. The molecule has 0 unspecified atom stereocenters. The summed E-state index contributed by atoms with van der Waals surface area (Å²) in [6.07, 6.45) is 10.9. The van der Waals surface area contributed by atoms with Gasteiger partial charge in [0.2, 0.25) is 0 Å². The summed E-state index contributed by atoms with van der Waals surface area (Å²) in [5, 5.41) is 3.01. The maximum atomic E-state index is 5.79. The van der Waals surface area contributed by atoms with Gasteiger partial charge in [-0.15, -0.1) is 0 Å². The number of benzene rings is 1. The lowest BCUT2D eigenvalue weighted by molar-refractivity contribution is 0.578. The molecule has 6 nitrogen and oxygen atoms in total. The van der Waals surface area contributed by atoms with E-state index in [9.17, 15) is 0 Å². The zero-order chi connectivity index (χ0) is 16.3. The van der Waals surface area contributed by atoms with Gasteiger partial charge in [0.15, 0.2) is 11.6 Å². The molecule has 5 aromatic rings. The molecule has 6 heteroatoms. The summed E-state index contributed by atoms with van der Waals surface area (Å²) in [5.41, 5.74) is 2.67. The summed E-state index contributed by atoms with van der Waals surface area (Å²) in [4.78, 5) is 8.82. The van der Waals surface area contributed by atoms with E-state index < -0.39 is 0 Å². The van der Waals surface area contributed by atoms with E-state index >= 15 is 0 Å². The minimum Gasteiger partial charge on any atom is -0.464 e. The van der Waals surface area contributed by atoms with Gasteiger partial charge in [0.25, 0.3) is 0 Å². The van der Waals surface area contributed by atoms with E-state index in [-0.39, 0.29) is 0 Å². The second-order valence-electron chi connectivity index (χ2n) is 5.94. The van der Waals surface area contributed by atoms with Gasteiger partial charge in [-0.3, -0.25) is 0 Å². The van der Waals surface area contributed by atoms with Crippen molar-refractivity contribution in [3.8, 4) is 22.8 Å². The Labute approximate surface area is 137 Å². The van der Waals surface area contributed by atoms with Crippen molar-refractivity contribution in [2.24, 2.45) is 14.1 Å². The second-order valence-corrected chi connectivity index (χ2v) is 5.94. The maximum Gasteiger partial charge on any atom is 0.177 e. The third-order valence-corrected chi connectivity index (χ3v) is 4.30. The van der Waals surface area contributed by atoms with Crippen molar-refractivity contribution < 1.29 is 8.83 Å². The molecule has 0 radical (unpaired) electrons. The highest BCUT2D eigenvalue weighted by Gasteiger charge is 2.17. The Balaban J connectivity index is 1.80. The molecule has 5 rings (SSSR count). The van der Waals surface area contributed by atoms with Gasteiger partial charge in [-0.25, -0.2) is 9.97 Å². The van der Waals surface area contributed by atoms with E-state index in [2.05, 4.69) is 16.0 Å². The van der Waals surface area contributed by atoms with Gasteiger partial charge in [0.1, 0.15) is 11.8 Å². The maximum absolute atomic E-state index is 5.79. The number of nitrogens with zero attached hydrogens (tertiary/aromatic N) is 4. The molecule has 118 valence electrons. The van der Waals surface area contributed by atoms with E-state index in [4.69, 9.17) is 8.83 Å². The number of aryl methyl sites for hydroxylation is 2. The minimum absolute atomic E-state index is 0.757. The zero-order valence-corrected chi connectivity index (χ0v) is 13.2. The van der Waals surface area contributed by atoms with Crippen molar-refractivity contribution in [2.45, 2.75) is 0 Å². The summed E-state index contributed by atoms with van der Waals surface area (Å²) in [6, 6.07) is 4.08. The Morgan fingerprint density at radius 1 is 1.00 bits per heavy atom. The van der Waals surface area contributed by atoms with Crippen molar-refractivity contribution in [1.82, 2.24) is 19.1 Å². The molecule has 0 N–H and O–H groups in total. The van der Waals surface area contributed by atoms with Crippen LogP contribution in [0, 0.1) is 0 Å². The molecule has 4 heterocycles. The third kappa shape index (κ3) is 1.76. The summed E-state index contributed by atoms with van der Waals surface area (Å²) in [7, 11) is 3.90. The Hall–Kier alpha value is -3.28. The number of aromatic nitrogens is 4. The Kier molecular flexibility index (Phi) is 2.53. The topological polar surface area (TPSA) is 61.9 Å². The molecular weight excluding hydrogens is 304 g/mol. The van der Waals surface area contributed by atoms with Gasteiger partial charge >= 0.3 is 0 Å². The molecule has 24 heavy (non-hydrogen) atoms. The fourth-order valence-corrected chi connectivity index (χ4v) is 3.08. The van der Waals surface area contributed by atoms with Gasteiger partial charge in [-0.05, 0) is 12.1 Å². The average Bonchev–Trinajstić information content (AvgIpc) is 3.31. The van der Waals surface area contributed by atoms with Crippen LogP contribution in [0.15, 0.2) is 58.4 Å². The largest absolute Gasteiger partial charge is 0.464 e. The van der Waals surface area contributed by atoms with Crippen molar-refractivity contribution in [1.29, 1.82) is 0 Å². The first-order valence-electron chi connectivity index (χ1n) is 7.59. The highest BCUT2D eigenvalue weighted by molar-refractivity contribution is 6.05. The molecule has 0 amide bonds. The van der Waals surface area contributed by atoms with Crippen LogP contribution in [0.25, 0.3) is 44.6 Å². The van der Waals surface area contributed by atoms with Crippen LogP contribution in [0.5, 0.6) is 0 Å². The van der Waals surface area contributed by atoms with Gasteiger partial charge in [0, 0.05) is 54.4 Å². The zero-order valence-electron chi connectivity index (χ0n) is 13.2. The van der Waals surface area contributed by atoms with E-state index in [0.29, 0.717) is 0 Å².